The molecule has 1 N–H and O–H groups in total. The number of aryl methyl sites for hydroxylation is 1. The summed E-state index contributed by atoms with van der Waals surface area (Å²) in [4.78, 5) is 17.2. The Morgan fingerprint density at radius 3 is 2.42 bits per heavy atom. The molecule has 1 amide bonds. The Labute approximate surface area is 227 Å². The second-order valence-electron chi connectivity index (χ2n) is 9.20. The van der Waals surface area contributed by atoms with Gasteiger partial charge in [-0.1, -0.05) is 11.6 Å². The number of ether oxygens (including phenoxy) is 1. The number of hydrogen-bond donors (Lipinski definition) is 1. The molecule has 1 aliphatic rings. The zero-order valence-corrected chi connectivity index (χ0v) is 21.5. The van der Waals surface area contributed by atoms with Crippen LogP contribution in [0.3, 0.4) is 0 Å². The second-order valence-corrected chi connectivity index (χ2v) is 9.58. The van der Waals surface area contributed by atoms with Gasteiger partial charge >= 0.3 is 12.4 Å². The quantitative estimate of drug-likeness (QED) is 0.202. The van der Waals surface area contributed by atoms with Gasteiger partial charge in [0, 0.05) is 24.6 Å². The van der Waals surface area contributed by atoms with Crippen LogP contribution in [0.2, 0.25) is 5.02 Å². The average molecular weight is 587 g/mol. The van der Waals surface area contributed by atoms with Crippen molar-refractivity contribution in [3.63, 3.8) is 0 Å². The maximum atomic E-state index is 13.9. The van der Waals surface area contributed by atoms with E-state index in [0.717, 1.165) is 12.3 Å². The number of nitrogens with one attached hydrogen (secondary N) is 1. The highest BCUT2D eigenvalue weighted by atomic mass is 35.5. The lowest BCUT2D eigenvalue weighted by atomic mass is 10.1. The molecule has 3 heterocycles. The molecule has 0 unspecified atom stereocenters. The van der Waals surface area contributed by atoms with Crippen LogP contribution < -0.4 is 10.1 Å². The predicted octanol–water partition coefficient (Wildman–Crippen LogP) is 5.99. The third-order valence-electron chi connectivity index (χ3n) is 6.39. The van der Waals surface area contributed by atoms with Gasteiger partial charge in [0.25, 0.3) is 5.91 Å². The van der Waals surface area contributed by atoms with Crippen LogP contribution in [0.5, 0.6) is 5.75 Å². The number of benzene rings is 1. The van der Waals surface area contributed by atoms with E-state index < -0.39 is 34.7 Å². The van der Waals surface area contributed by atoms with Crippen molar-refractivity contribution in [3.8, 4) is 17.0 Å². The molecule has 0 spiro atoms. The van der Waals surface area contributed by atoms with Crippen molar-refractivity contribution in [2.24, 2.45) is 0 Å². The van der Waals surface area contributed by atoms with Gasteiger partial charge in [-0.3, -0.25) is 9.48 Å². The summed E-state index contributed by atoms with van der Waals surface area (Å²) in [7, 11) is 1.45. The Kier molecular flexibility index (Phi) is 7.15. The van der Waals surface area contributed by atoms with Crippen molar-refractivity contribution in [2.75, 3.05) is 13.7 Å². The average Bonchev–Trinajstić information content (AvgIpc) is 3.54. The molecule has 5 rings (SSSR count). The minimum absolute atomic E-state index is 0.00338. The number of carbonyl (C=O) groups is 1. The summed E-state index contributed by atoms with van der Waals surface area (Å²) in [5.74, 6) is -0.334. The fourth-order valence-electron chi connectivity index (χ4n) is 4.31. The number of rotatable bonds is 8. The minimum Gasteiger partial charge on any atom is -0.497 e. The third-order valence-corrected chi connectivity index (χ3v) is 6.76. The highest BCUT2D eigenvalue weighted by Crippen LogP contribution is 2.47. The minimum atomic E-state index is -4.79. The molecule has 0 radical (unpaired) electrons. The first kappa shape index (κ1) is 27.7. The third kappa shape index (κ3) is 5.44. The molecule has 1 fully saturated rings. The lowest BCUT2D eigenvalue weighted by molar-refractivity contribution is -0.143. The molecular weight excluding hydrogens is 566 g/mol. The molecule has 15 heteroatoms. The smallest absolute Gasteiger partial charge is 0.436 e. The van der Waals surface area contributed by atoms with Gasteiger partial charge in [0.1, 0.15) is 11.3 Å². The molecule has 1 saturated carbocycles. The molecular formula is C25H21ClF6N6O2. The number of alkyl halides is 6. The second kappa shape index (κ2) is 10.3. The first-order valence-electron chi connectivity index (χ1n) is 12.1. The van der Waals surface area contributed by atoms with Crippen LogP contribution in [0.15, 0.2) is 36.5 Å². The Morgan fingerprint density at radius 1 is 1.12 bits per heavy atom. The molecule has 212 valence electrons. The normalized spacial score (nSPS) is 14.1. The zero-order valence-electron chi connectivity index (χ0n) is 20.8. The van der Waals surface area contributed by atoms with Gasteiger partial charge in [-0.15, -0.1) is 0 Å². The highest BCUT2D eigenvalue weighted by Gasteiger charge is 2.42. The number of carbonyl (C=O) groups excluding carboxylic acids is 1. The van der Waals surface area contributed by atoms with E-state index >= 15 is 0 Å². The predicted molar refractivity (Wildman–Crippen MR) is 131 cm³/mol. The molecule has 1 aliphatic carbocycles. The van der Waals surface area contributed by atoms with Crippen molar-refractivity contribution >= 4 is 23.2 Å². The van der Waals surface area contributed by atoms with Crippen LogP contribution in [-0.4, -0.2) is 43.9 Å². The number of hydrogen-bond acceptors (Lipinski definition) is 5. The summed E-state index contributed by atoms with van der Waals surface area (Å²) in [6.07, 6.45) is -6.89. The Bertz CT molecular complexity index is 1560. The Morgan fingerprint density at radius 2 is 1.82 bits per heavy atom. The summed E-state index contributed by atoms with van der Waals surface area (Å²) in [6, 6.07) is 7.05. The standard InChI is InChI=1S/C25H21ClF6N6O2/c1-40-15-7-5-13(6-8-15)17-11-18(24(27,28)29)38-22(35-17)16(12-34-38)23(39)33-9-2-10-37-20(14-3-4-14)19(26)21(36-37)25(30,31)32/h5-8,11-12,14H,2-4,9-10H2,1H3,(H,33,39). The first-order chi connectivity index (χ1) is 18.9. The lowest BCUT2D eigenvalue weighted by Gasteiger charge is -2.12. The molecule has 0 bridgehead atoms. The Hall–Kier alpha value is -3.81. The van der Waals surface area contributed by atoms with Gasteiger partial charge in [-0.2, -0.15) is 36.5 Å². The van der Waals surface area contributed by atoms with Crippen LogP contribution in [0.25, 0.3) is 16.9 Å². The van der Waals surface area contributed by atoms with Crippen LogP contribution in [0, 0.1) is 0 Å². The summed E-state index contributed by atoms with van der Waals surface area (Å²) < 4.78 is 88.2. The fraction of sp³-hybridized carbons (Fsp3) is 0.360. The Balaban J connectivity index is 1.35. The number of fused-ring (bicyclic) bond motifs is 1. The van der Waals surface area contributed by atoms with E-state index in [1.807, 2.05) is 0 Å². The van der Waals surface area contributed by atoms with E-state index in [1.165, 1.54) is 23.9 Å². The SMILES string of the molecule is COc1ccc(-c2cc(C(F)(F)F)n3ncc(C(=O)NCCCn4nc(C(F)(F)F)c(Cl)c4C4CC4)c3n2)cc1. The van der Waals surface area contributed by atoms with E-state index in [9.17, 15) is 31.1 Å². The van der Waals surface area contributed by atoms with Gasteiger partial charge in [0.05, 0.1) is 29.7 Å². The van der Waals surface area contributed by atoms with Gasteiger partial charge in [0.2, 0.25) is 0 Å². The molecule has 40 heavy (non-hydrogen) atoms. The number of nitrogens with zero attached hydrogens (tertiary/aromatic N) is 5. The summed E-state index contributed by atoms with van der Waals surface area (Å²) in [5.41, 5.74) is -2.11. The topological polar surface area (TPSA) is 86.3 Å². The van der Waals surface area contributed by atoms with Gasteiger partial charge < -0.3 is 10.1 Å². The number of halogens is 7. The van der Waals surface area contributed by atoms with E-state index in [4.69, 9.17) is 16.3 Å². The molecule has 8 nitrogen and oxygen atoms in total. The van der Waals surface area contributed by atoms with Crippen molar-refractivity contribution in [1.29, 1.82) is 0 Å². The van der Waals surface area contributed by atoms with E-state index in [2.05, 4.69) is 20.5 Å². The van der Waals surface area contributed by atoms with Crippen molar-refractivity contribution in [2.45, 2.75) is 44.1 Å². The number of aromatic nitrogens is 5. The number of amides is 1. The van der Waals surface area contributed by atoms with Gasteiger partial charge in [-0.05, 0) is 49.6 Å². The van der Waals surface area contributed by atoms with Crippen molar-refractivity contribution in [3.05, 3.63) is 64.2 Å². The molecule has 1 aromatic carbocycles. The maximum Gasteiger partial charge on any atom is 0.436 e. The maximum absolute atomic E-state index is 13.9. The van der Waals surface area contributed by atoms with Crippen molar-refractivity contribution in [1.82, 2.24) is 29.7 Å². The summed E-state index contributed by atoms with van der Waals surface area (Å²) >= 11 is 5.98. The van der Waals surface area contributed by atoms with Gasteiger partial charge in [-0.25, -0.2) is 9.50 Å². The van der Waals surface area contributed by atoms with Gasteiger partial charge in [0.15, 0.2) is 17.0 Å². The number of methoxy groups -OCH3 is 1. The summed E-state index contributed by atoms with van der Waals surface area (Å²) in [5, 5.41) is 9.53. The van der Waals surface area contributed by atoms with E-state index in [0.29, 0.717) is 34.4 Å². The monoisotopic (exact) mass is 586 g/mol. The molecule has 0 aliphatic heterocycles. The van der Waals surface area contributed by atoms with E-state index in [1.54, 1.807) is 12.1 Å². The molecule has 0 saturated heterocycles. The first-order valence-corrected chi connectivity index (χ1v) is 12.5. The largest absolute Gasteiger partial charge is 0.497 e. The van der Waals surface area contributed by atoms with Crippen LogP contribution in [-0.2, 0) is 18.9 Å². The molecule has 3 aromatic heterocycles. The fourth-order valence-corrected chi connectivity index (χ4v) is 4.71. The van der Waals surface area contributed by atoms with Crippen LogP contribution in [0.1, 0.15) is 52.6 Å². The van der Waals surface area contributed by atoms with Crippen molar-refractivity contribution < 1.29 is 35.9 Å². The lowest BCUT2D eigenvalue weighted by Crippen LogP contribution is -2.26. The van der Waals surface area contributed by atoms with E-state index in [-0.39, 0.29) is 42.3 Å². The zero-order chi connectivity index (χ0) is 28.8. The molecule has 0 atom stereocenters. The highest BCUT2D eigenvalue weighted by molar-refractivity contribution is 6.32. The summed E-state index contributed by atoms with van der Waals surface area (Å²) in [6.45, 7) is 0.0537. The van der Waals surface area contributed by atoms with Crippen LogP contribution in [0.4, 0.5) is 26.3 Å². The van der Waals surface area contributed by atoms with Crippen LogP contribution >= 0.6 is 11.6 Å². The molecule has 4 aromatic rings.